The highest BCUT2D eigenvalue weighted by molar-refractivity contribution is 6.15. The third-order valence-corrected chi connectivity index (χ3v) is 3.07. The number of rotatable bonds is 4. The molecule has 0 unspecified atom stereocenters. The van der Waals surface area contributed by atoms with Crippen LogP contribution in [0.4, 0.5) is 0 Å². The van der Waals surface area contributed by atoms with Crippen molar-refractivity contribution >= 4 is 11.5 Å². The van der Waals surface area contributed by atoms with E-state index in [0.717, 1.165) is 11.1 Å². The first-order valence-corrected chi connectivity index (χ1v) is 6.69. The monoisotopic (exact) mass is 290 g/mol. The highest BCUT2D eigenvalue weighted by Gasteiger charge is 2.11. The van der Waals surface area contributed by atoms with Crippen LogP contribution >= 0.6 is 0 Å². The molecule has 0 aliphatic rings. The number of carbonyl (C=O) groups is 1. The van der Waals surface area contributed by atoms with Crippen LogP contribution in [0.3, 0.4) is 0 Å². The van der Waals surface area contributed by atoms with Gasteiger partial charge in [-0.25, -0.2) is 4.79 Å². The van der Waals surface area contributed by atoms with Crippen molar-refractivity contribution in [3.63, 3.8) is 0 Å². The number of carboxylic acid groups (broad SMARTS) is 1. The molecule has 0 saturated carbocycles. The van der Waals surface area contributed by atoms with E-state index in [1.54, 1.807) is 36.5 Å². The molecule has 0 aliphatic heterocycles. The summed E-state index contributed by atoms with van der Waals surface area (Å²) < 4.78 is 0. The average Bonchev–Trinajstić information content (AvgIpc) is 2.55. The summed E-state index contributed by atoms with van der Waals surface area (Å²) in [5, 5.41) is 18.0. The summed E-state index contributed by atoms with van der Waals surface area (Å²) in [6, 6.07) is 12.7. The van der Waals surface area contributed by atoms with E-state index in [2.05, 4.69) is 11.1 Å². The minimum Gasteiger partial charge on any atom is -0.478 e. The van der Waals surface area contributed by atoms with Gasteiger partial charge in [0.25, 0.3) is 0 Å². The Morgan fingerprint density at radius 1 is 1.18 bits per heavy atom. The van der Waals surface area contributed by atoms with Gasteiger partial charge in [0, 0.05) is 11.8 Å². The summed E-state index contributed by atoms with van der Waals surface area (Å²) in [6.07, 6.45) is 6.57. The average molecular weight is 290 g/mol. The lowest BCUT2D eigenvalue weighted by Gasteiger charge is -2.04. The van der Waals surface area contributed by atoms with Gasteiger partial charge in [-0.15, -0.1) is 0 Å². The Morgan fingerprint density at radius 2 is 1.86 bits per heavy atom. The second-order valence-corrected chi connectivity index (χ2v) is 4.53. The Hall–Kier alpha value is -3.19. The minimum atomic E-state index is -1.02. The lowest BCUT2D eigenvalue weighted by Crippen LogP contribution is -2.01. The van der Waals surface area contributed by atoms with E-state index in [9.17, 15) is 9.90 Å². The largest absolute Gasteiger partial charge is 0.478 e. The molecule has 108 valence electrons. The number of hydrogen-bond donors (Lipinski definition) is 1. The maximum absolute atomic E-state index is 11.3. The smallest absolute Gasteiger partial charge is 0.337 e. The van der Waals surface area contributed by atoms with Crippen LogP contribution in [0.2, 0.25) is 0 Å². The van der Waals surface area contributed by atoms with Crippen molar-refractivity contribution in [2.75, 3.05) is 0 Å². The van der Waals surface area contributed by atoms with E-state index in [-0.39, 0.29) is 5.57 Å². The molecular weight excluding hydrogens is 276 g/mol. The normalized spacial score (nSPS) is 11.4. The van der Waals surface area contributed by atoms with Crippen molar-refractivity contribution < 1.29 is 9.90 Å². The van der Waals surface area contributed by atoms with Gasteiger partial charge in [-0.2, -0.15) is 5.26 Å². The van der Waals surface area contributed by atoms with E-state index in [1.165, 1.54) is 6.08 Å². The van der Waals surface area contributed by atoms with Crippen LogP contribution in [0.1, 0.15) is 18.2 Å². The Labute approximate surface area is 128 Å². The number of benzene rings is 1. The highest BCUT2D eigenvalue weighted by Crippen LogP contribution is 2.21. The molecule has 0 atom stereocenters. The van der Waals surface area contributed by atoms with Crippen LogP contribution < -0.4 is 0 Å². The van der Waals surface area contributed by atoms with Crippen LogP contribution in [-0.4, -0.2) is 16.1 Å². The maximum Gasteiger partial charge on any atom is 0.337 e. The first kappa shape index (κ1) is 15.2. The minimum absolute atomic E-state index is 0.143. The van der Waals surface area contributed by atoms with Gasteiger partial charge in [-0.1, -0.05) is 30.4 Å². The van der Waals surface area contributed by atoms with E-state index >= 15 is 0 Å². The highest BCUT2D eigenvalue weighted by atomic mass is 16.4. The lowest BCUT2D eigenvalue weighted by molar-refractivity contribution is -0.130. The molecule has 4 heteroatoms. The fraction of sp³-hybridized carbons (Fsp3) is 0.0556. The summed E-state index contributed by atoms with van der Waals surface area (Å²) >= 11 is 0. The third-order valence-electron chi connectivity index (χ3n) is 3.07. The van der Waals surface area contributed by atoms with Crippen molar-refractivity contribution in [2.45, 2.75) is 6.92 Å². The van der Waals surface area contributed by atoms with E-state index in [4.69, 9.17) is 5.26 Å². The summed E-state index contributed by atoms with van der Waals surface area (Å²) in [4.78, 5) is 15.5. The van der Waals surface area contributed by atoms with E-state index in [1.807, 2.05) is 25.1 Å². The van der Waals surface area contributed by atoms with Gasteiger partial charge in [0.2, 0.25) is 0 Å². The molecule has 1 aromatic heterocycles. The van der Waals surface area contributed by atoms with Crippen molar-refractivity contribution in [3.05, 3.63) is 72.1 Å². The molecule has 22 heavy (non-hydrogen) atoms. The predicted octanol–water partition coefficient (Wildman–Crippen LogP) is 3.66. The number of pyridine rings is 1. The van der Waals surface area contributed by atoms with Crippen LogP contribution in [0, 0.1) is 11.3 Å². The number of aliphatic carboxylic acids is 1. The van der Waals surface area contributed by atoms with Crippen molar-refractivity contribution in [2.24, 2.45) is 0 Å². The molecule has 0 radical (unpaired) electrons. The fourth-order valence-electron chi connectivity index (χ4n) is 1.92. The van der Waals surface area contributed by atoms with Gasteiger partial charge < -0.3 is 5.11 Å². The van der Waals surface area contributed by atoms with Gasteiger partial charge in [0.05, 0.1) is 22.9 Å². The molecule has 0 spiro atoms. The standard InChI is InChI=1S/C18H14N2O2/c1-2-3-4-16(18(21)22)17-10-9-15(12-20-17)14-7-5-13(11-19)6-8-14/h2-10,12H,1H3,(H,21,22). The fourth-order valence-corrected chi connectivity index (χ4v) is 1.92. The first-order valence-electron chi connectivity index (χ1n) is 6.69. The Kier molecular flexibility index (Phi) is 4.84. The van der Waals surface area contributed by atoms with Crippen LogP contribution in [0.15, 0.2) is 60.8 Å². The second kappa shape index (κ2) is 7.00. The molecule has 0 bridgehead atoms. The molecule has 0 amide bonds. The van der Waals surface area contributed by atoms with Gasteiger partial charge in [-0.05, 0) is 36.8 Å². The molecule has 2 rings (SSSR count). The summed E-state index contributed by atoms with van der Waals surface area (Å²) in [5.74, 6) is -1.02. The zero-order valence-electron chi connectivity index (χ0n) is 12.0. The second-order valence-electron chi connectivity index (χ2n) is 4.53. The van der Waals surface area contributed by atoms with Crippen molar-refractivity contribution in [1.29, 1.82) is 5.26 Å². The number of aromatic nitrogens is 1. The molecule has 4 nitrogen and oxygen atoms in total. The predicted molar refractivity (Wildman–Crippen MR) is 84.8 cm³/mol. The molecule has 1 aromatic carbocycles. The zero-order chi connectivity index (χ0) is 15.9. The molecule has 0 saturated heterocycles. The molecule has 2 aromatic rings. The Balaban J connectivity index is 2.33. The quantitative estimate of drug-likeness (QED) is 0.688. The van der Waals surface area contributed by atoms with Crippen LogP contribution in [0.5, 0.6) is 0 Å². The number of nitrogens with zero attached hydrogens (tertiary/aromatic N) is 2. The number of hydrogen-bond acceptors (Lipinski definition) is 3. The number of allylic oxidation sites excluding steroid dienone is 3. The first-order chi connectivity index (χ1) is 10.7. The third kappa shape index (κ3) is 3.47. The van der Waals surface area contributed by atoms with Crippen LogP contribution in [0.25, 0.3) is 16.7 Å². The maximum atomic E-state index is 11.3. The van der Waals surface area contributed by atoms with Crippen molar-refractivity contribution in [1.82, 2.24) is 4.98 Å². The van der Waals surface area contributed by atoms with E-state index < -0.39 is 5.97 Å². The Morgan fingerprint density at radius 3 is 2.36 bits per heavy atom. The van der Waals surface area contributed by atoms with Gasteiger partial charge in [0.15, 0.2) is 0 Å². The topological polar surface area (TPSA) is 74.0 Å². The molecule has 1 N–H and O–H groups in total. The van der Waals surface area contributed by atoms with Gasteiger partial charge in [-0.3, -0.25) is 4.98 Å². The SMILES string of the molecule is CC=CC=C(C(=O)O)c1ccc(-c2ccc(C#N)cc2)cn1. The molecule has 0 aliphatic carbocycles. The van der Waals surface area contributed by atoms with Crippen LogP contribution in [-0.2, 0) is 4.79 Å². The number of nitriles is 1. The van der Waals surface area contributed by atoms with E-state index in [0.29, 0.717) is 11.3 Å². The zero-order valence-corrected chi connectivity index (χ0v) is 12.0. The molecule has 1 heterocycles. The van der Waals surface area contributed by atoms with Gasteiger partial charge in [0.1, 0.15) is 0 Å². The summed E-state index contributed by atoms with van der Waals surface area (Å²) in [7, 11) is 0. The van der Waals surface area contributed by atoms with Gasteiger partial charge >= 0.3 is 5.97 Å². The Bertz CT molecular complexity index is 764. The molecular formula is C18H14N2O2. The summed E-state index contributed by atoms with van der Waals surface area (Å²) in [6.45, 7) is 1.82. The lowest BCUT2D eigenvalue weighted by atomic mass is 10.0. The molecule has 0 fully saturated rings. The number of carboxylic acids is 1. The van der Waals surface area contributed by atoms with Crippen molar-refractivity contribution in [3.8, 4) is 17.2 Å². The summed E-state index contributed by atoms with van der Waals surface area (Å²) in [5.41, 5.74) is 2.93.